The van der Waals surface area contributed by atoms with Gasteiger partial charge in [0.05, 0.1) is 14.2 Å². The van der Waals surface area contributed by atoms with Crippen molar-refractivity contribution in [1.82, 2.24) is 4.90 Å². The molecule has 1 amide bonds. The lowest BCUT2D eigenvalue weighted by atomic mass is 10.2. The van der Waals surface area contributed by atoms with Gasteiger partial charge in [0.25, 0.3) is 5.91 Å². The Morgan fingerprint density at radius 2 is 1.71 bits per heavy atom. The normalized spacial score (nSPS) is 10.2. The molecule has 0 saturated heterocycles. The number of rotatable bonds is 7. The summed E-state index contributed by atoms with van der Waals surface area (Å²) in [6, 6.07) is 13.2. The lowest BCUT2D eigenvalue weighted by molar-refractivity contribution is -0.132. The minimum atomic E-state index is -0.0898. The van der Waals surface area contributed by atoms with Crippen molar-refractivity contribution in [2.75, 3.05) is 27.9 Å². The number of methoxy groups -OCH3 is 2. The molecule has 0 unspecified atom stereocenters. The van der Waals surface area contributed by atoms with Crippen LogP contribution in [-0.2, 0) is 11.3 Å². The molecule has 5 nitrogen and oxygen atoms in total. The van der Waals surface area contributed by atoms with Gasteiger partial charge in [0.2, 0.25) is 0 Å². The number of carbonyl (C=O) groups excluding carboxylic acids is 1. The van der Waals surface area contributed by atoms with E-state index in [4.69, 9.17) is 14.2 Å². The van der Waals surface area contributed by atoms with Crippen molar-refractivity contribution < 1.29 is 19.0 Å². The van der Waals surface area contributed by atoms with Gasteiger partial charge in [-0.3, -0.25) is 4.79 Å². The number of ether oxygens (including phenoxy) is 3. The van der Waals surface area contributed by atoms with Crippen molar-refractivity contribution in [2.45, 2.75) is 13.5 Å². The Kier molecular flexibility index (Phi) is 6.07. The fraction of sp³-hybridized carbons (Fsp3) is 0.316. The fourth-order valence-corrected chi connectivity index (χ4v) is 2.31. The number of likely N-dealkylation sites (N-methyl/N-ethyl adjacent to an activating group) is 1. The molecule has 5 heteroatoms. The number of nitrogens with zero attached hydrogens (tertiary/aromatic N) is 1. The summed E-state index contributed by atoms with van der Waals surface area (Å²) < 4.78 is 16.1. The van der Waals surface area contributed by atoms with Gasteiger partial charge < -0.3 is 19.1 Å². The second-order valence-electron chi connectivity index (χ2n) is 5.49. The van der Waals surface area contributed by atoms with Crippen LogP contribution in [0.5, 0.6) is 17.2 Å². The van der Waals surface area contributed by atoms with Crippen LogP contribution >= 0.6 is 0 Å². The fourth-order valence-electron chi connectivity index (χ4n) is 2.31. The van der Waals surface area contributed by atoms with Crippen LogP contribution in [0.25, 0.3) is 0 Å². The molecule has 2 rings (SSSR count). The zero-order chi connectivity index (χ0) is 17.5. The first-order chi connectivity index (χ1) is 11.5. The summed E-state index contributed by atoms with van der Waals surface area (Å²) in [5.41, 5.74) is 1.97. The average Bonchev–Trinajstić information content (AvgIpc) is 2.60. The molecule has 24 heavy (non-hydrogen) atoms. The molecule has 0 aliphatic heterocycles. The molecule has 0 radical (unpaired) electrons. The molecule has 2 aromatic rings. The van der Waals surface area contributed by atoms with Crippen molar-refractivity contribution in [3.63, 3.8) is 0 Å². The number of carbonyl (C=O) groups is 1. The van der Waals surface area contributed by atoms with E-state index in [0.29, 0.717) is 18.0 Å². The second kappa shape index (κ2) is 8.24. The number of amides is 1. The lowest BCUT2D eigenvalue weighted by Crippen LogP contribution is -2.31. The standard InChI is InChI=1S/C19H23NO4/c1-14-7-5-6-8-16(14)24-13-19(21)20(2)12-15-9-10-17(22-3)18(11-15)23-4/h5-11H,12-13H2,1-4H3. The van der Waals surface area contributed by atoms with Gasteiger partial charge in [-0.2, -0.15) is 0 Å². The minimum absolute atomic E-state index is 0.00857. The quantitative estimate of drug-likeness (QED) is 0.783. The van der Waals surface area contributed by atoms with E-state index in [0.717, 1.165) is 16.9 Å². The van der Waals surface area contributed by atoms with Crippen LogP contribution in [-0.4, -0.2) is 38.7 Å². The largest absolute Gasteiger partial charge is 0.493 e. The highest BCUT2D eigenvalue weighted by Gasteiger charge is 2.12. The van der Waals surface area contributed by atoms with Crippen molar-refractivity contribution in [2.24, 2.45) is 0 Å². The summed E-state index contributed by atoms with van der Waals surface area (Å²) in [5, 5.41) is 0. The van der Waals surface area contributed by atoms with E-state index in [1.54, 1.807) is 26.2 Å². The Morgan fingerprint density at radius 3 is 2.38 bits per heavy atom. The van der Waals surface area contributed by atoms with E-state index in [-0.39, 0.29) is 12.5 Å². The van der Waals surface area contributed by atoms with Crippen LogP contribution in [0.4, 0.5) is 0 Å². The number of hydrogen-bond acceptors (Lipinski definition) is 4. The van der Waals surface area contributed by atoms with Gasteiger partial charge in [-0.25, -0.2) is 0 Å². The van der Waals surface area contributed by atoms with Crippen LogP contribution in [0.1, 0.15) is 11.1 Å². The Hall–Kier alpha value is -2.69. The zero-order valence-electron chi connectivity index (χ0n) is 14.5. The van der Waals surface area contributed by atoms with E-state index in [1.807, 2.05) is 49.4 Å². The van der Waals surface area contributed by atoms with Crippen LogP contribution in [0.15, 0.2) is 42.5 Å². The molecule has 0 spiro atoms. The highest BCUT2D eigenvalue weighted by Crippen LogP contribution is 2.28. The summed E-state index contributed by atoms with van der Waals surface area (Å²) in [5.74, 6) is 1.95. The van der Waals surface area contributed by atoms with Gasteiger partial charge >= 0.3 is 0 Å². The summed E-state index contributed by atoms with van der Waals surface area (Å²) >= 11 is 0. The van der Waals surface area contributed by atoms with E-state index in [9.17, 15) is 4.79 Å². The van der Waals surface area contributed by atoms with E-state index < -0.39 is 0 Å². The number of para-hydroxylation sites is 1. The van der Waals surface area contributed by atoms with Crippen molar-refractivity contribution in [3.8, 4) is 17.2 Å². The topological polar surface area (TPSA) is 48.0 Å². The molecule has 0 fully saturated rings. The minimum Gasteiger partial charge on any atom is -0.493 e. The van der Waals surface area contributed by atoms with Crippen molar-refractivity contribution in [3.05, 3.63) is 53.6 Å². The molecular formula is C19H23NO4. The Bertz CT molecular complexity index is 700. The SMILES string of the molecule is COc1ccc(CN(C)C(=O)COc2ccccc2C)cc1OC. The zero-order valence-corrected chi connectivity index (χ0v) is 14.5. The first-order valence-corrected chi connectivity index (χ1v) is 7.68. The smallest absolute Gasteiger partial charge is 0.260 e. The maximum atomic E-state index is 12.3. The molecular weight excluding hydrogens is 306 g/mol. The summed E-state index contributed by atoms with van der Waals surface area (Å²) in [6.45, 7) is 2.43. The van der Waals surface area contributed by atoms with Crippen molar-refractivity contribution in [1.29, 1.82) is 0 Å². The molecule has 0 bridgehead atoms. The third kappa shape index (κ3) is 4.41. The van der Waals surface area contributed by atoms with Crippen LogP contribution in [0.2, 0.25) is 0 Å². The highest BCUT2D eigenvalue weighted by molar-refractivity contribution is 5.77. The maximum Gasteiger partial charge on any atom is 0.260 e. The van der Waals surface area contributed by atoms with Crippen LogP contribution < -0.4 is 14.2 Å². The van der Waals surface area contributed by atoms with Gasteiger partial charge in [0, 0.05) is 13.6 Å². The van der Waals surface area contributed by atoms with Gasteiger partial charge in [-0.05, 0) is 36.2 Å². The Morgan fingerprint density at radius 1 is 1.00 bits per heavy atom. The molecule has 0 aromatic heterocycles. The van der Waals surface area contributed by atoms with E-state index in [2.05, 4.69) is 0 Å². The van der Waals surface area contributed by atoms with Crippen molar-refractivity contribution >= 4 is 5.91 Å². The van der Waals surface area contributed by atoms with Gasteiger partial charge in [-0.1, -0.05) is 24.3 Å². The number of hydrogen-bond donors (Lipinski definition) is 0. The van der Waals surface area contributed by atoms with Gasteiger partial charge in [-0.15, -0.1) is 0 Å². The lowest BCUT2D eigenvalue weighted by Gasteiger charge is -2.19. The molecule has 2 aromatic carbocycles. The molecule has 0 aliphatic rings. The van der Waals surface area contributed by atoms with Crippen LogP contribution in [0, 0.1) is 6.92 Å². The monoisotopic (exact) mass is 329 g/mol. The molecule has 0 heterocycles. The maximum absolute atomic E-state index is 12.3. The summed E-state index contributed by atoms with van der Waals surface area (Å²) in [4.78, 5) is 13.9. The number of aryl methyl sites for hydroxylation is 1. The molecule has 0 saturated carbocycles. The third-order valence-electron chi connectivity index (χ3n) is 3.74. The average molecular weight is 329 g/mol. The molecule has 0 aliphatic carbocycles. The first-order valence-electron chi connectivity index (χ1n) is 7.68. The molecule has 0 atom stereocenters. The third-order valence-corrected chi connectivity index (χ3v) is 3.74. The molecule has 128 valence electrons. The predicted molar refractivity (Wildman–Crippen MR) is 92.7 cm³/mol. The van der Waals surface area contributed by atoms with E-state index >= 15 is 0 Å². The second-order valence-corrected chi connectivity index (χ2v) is 5.49. The summed E-state index contributed by atoms with van der Waals surface area (Å²) in [7, 11) is 4.93. The van der Waals surface area contributed by atoms with Gasteiger partial charge in [0.1, 0.15) is 5.75 Å². The predicted octanol–water partition coefficient (Wildman–Crippen LogP) is 3.05. The number of benzene rings is 2. The Balaban J connectivity index is 1.95. The van der Waals surface area contributed by atoms with Crippen LogP contribution in [0.3, 0.4) is 0 Å². The van der Waals surface area contributed by atoms with E-state index in [1.165, 1.54) is 0 Å². The van der Waals surface area contributed by atoms with Gasteiger partial charge in [0.15, 0.2) is 18.1 Å². The highest BCUT2D eigenvalue weighted by atomic mass is 16.5. The first kappa shape index (κ1) is 17.7. The summed E-state index contributed by atoms with van der Waals surface area (Å²) in [6.07, 6.45) is 0. The Labute approximate surface area is 142 Å². The molecule has 0 N–H and O–H groups in total.